The predicted molar refractivity (Wildman–Crippen MR) is 104 cm³/mol. The minimum Gasteiger partial charge on any atom is -0.444 e. The van der Waals surface area contributed by atoms with Crippen molar-refractivity contribution in [3.05, 3.63) is 68.1 Å². The maximum atomic E-state index is 13.5. The second-order valence-corrected chi connectivity index (χ2v) is 8.62. The first-order chi connectivity index (χ1) is 12.0. The number of nitrogens with one attached hydrogen (secondary N) is 1. The molecule has 1 N–H and O–H groups in total. The molecule has 26 heavy (non-hydrogen) atoms. The van der Waals surface area contributed by atoms with Gasteiger partial charge >= 0.3 is 6.09 Å². The normalized spacial score (nSPS) is 12.6. The molecule has 0 spiro atoms. The molecule has 1 amide bonds. The number of hydrogen-bond donors (Lipinski definition) is 1. The van der Waals surface area contributed by atoms with E-state index in [0.717, 1.165) is 20.6 Å². The van der Waals surface area contributed by atoms with Crippen LogP contribution >= 0.6 is 31.9 Å². The fourth-order valence-electron chi connectivity index (χ4n) is 2.43. The van der Waals surface area contributed by atoms with E-state index in [2.05, 4.69) is 37.2 Å². The fraction of sp³-hybridized carbons (Fsp3) is 0.316. The molecule has 0 saturated carbocycles. The molecule has 0 aliphatic carbocycles. The summed E-state index contributed by atoms with van der Waals surface area (Å²) in [5.74, 6) is -1.33. The zero-order valence-electron chi connectivity index (χ0n) is 14.6. The number of ether oxygens (including phenoxy) is 1. The number of benzene rings is 2. The Kier molecular flexibility index (Phi) is 6.80. The van der Waals surface area contributed by atoms with Gasteiger partial charge in [-0.25, -0.2) is 13.6 Å². The van der Waals surface area contributed by atoms with Gasteiger partial charge in [0.15, 0.2) is 0 Å². The highest BCUT2D eigenvalue weighted by atomic mass is 79.9. The van der Waals surface area contributed by atoms with Crippen LogP contribution in [0.1, 0.15) is 37.9 Å². The highest BCUT2D eigenvalue weighted by molar-refractivity contribution is 9.11. The third-order valence-electron chi connectivity index (χ3n) is 3.39. The molecule has 2 aromatic rings. The first kappa shape index (κ1) is 20.8. The summed E-state index contributed by atoms with van der Waals surface area (Å²) in [4.78, 5) is 12.3. The molecule has 0 fully saturated rings. The Morgan fingerprint density at radius 1 is 1.12 bits per heavy atom. The minimum absolute atomic E-state index is 0.197. The lowest BCUT2D eigenvalue weighted by molar-refractivity contribution is 0.0503. The van der Waals surface area contributed by atoms with E-state index in [1.54, 1.807) is 20.8 Å². The second-order valence-electron chi connectivity index (χ2n) is 6.85. The lowest BCUT2D eigenvalue weighted by atomic mass is 9.99. The number of alkyl carbamates (subject to hydrolysis) is 1. The van der Waals surface area contributed by atoms with Crippen molar-refractivity contribution in [3.63, 3.8) is 0 Å². The summed E-state index contributed by atoms with van der Waals surface area (Å²) in [5.41, 5.74) is 0.527. The summed E-state index contributed by atoms with van der Waals surface area (Å²) < 4.78 is 34.0. The van der Waals surface area contributed by atoms with Gasteiger partial charge in [-0.3, -0.25) is 0 Å². The van der Waals surface area contributed by atoms with Crippen molar-refractivity contribution in [1.82, 2.24) is 5.32 Å². The van der Waals surface area contributed by atoms with Crippen molar-refractivity contribution in [3.8, 4) is 0 Å². The Morgan fingerprint density at radius 3 is 2.31 bits per heavy atom. The lowest BCUT2D eigenvalue weighted by Gasteiger charge is -2.25. The Hall–Kier alpha value is -1.47. The van der Waals surface area contributed by atoms with Gasteiger partial charge in [0.1, 0.15) is 17.2 Å². The summed E-state index contributed by atoms with van der Waals surface area (Å²) in [6, 6.07) is 8.28. The number of hydrogen-bond acceptors (Lipinski definition) is 2. The number of carbonyl (C=O) groups excluding carboxylic acids is 1. The molecule has 0 aliphatic rings. The van der Waals surface area contributed by atoms with E-state index in [1.807, 2.05) is 18.2 Å². The first-order valence-corrected chi connectivity index (χ1v) is 9.51. The molecule has 7 heteroatoms. The largest absolute Gasteiger partial charge is 0.444 e. The third-order valence-corrected chi connectivity index (χ3v) is 4.60. The zero-order valence-corrected chi connectivity index (χ0v) is 17.7. The van der Waals surface area contributed by atoms with Gasteiger partial charge in [-0.05, 0) is 68.7 Å². The van der Waals surface area contributed by atoms with Crippen molar-refractivity contribution in [2.45, 2.75) is 38.8 Å². The van der Waals surface area contributed by atoms with Gasteiger partial charge in [-0.2, -0.15) is 0 Å². The van der Waals surface area contributed by atoms with Gasteiger partial charge in [0.2, 0.25) is 0 Å². The van der Waals surface area contributed by atoms with Crippen LogP contribution < -0.4 is 5.32 Å². The Morgan fingerprint density at radius 2 is 1.73 bits per heavy atom. The van der Waals surface area contributed by atoms with Gasteiger partial charge in [0.25, 0.3) is 0 Å². The highest BCUT2D eigenvalue weighted by Gasteiger charge is 2.23. The molecule has 0 aliphatic heterocycles. The average molecular weight is 491 g/mol. The Bertz CT molecular complexity index is 786. The molecular formula is C19H19Br2F2NO2. The molecule has 0 aromatic heterocycles. The van der Waals surface area contributed by atoms with E-state index in [0.29, 0.717) is 5.56 Å². The molecule has 0 bridgehead atoms. The quantitative estimate of drug-likeness (QED) is 0.546. The summed E-state index contributed by atoms with van der Waals surface area (Å²) in [6.45, 7) is 5.29. The fourth-order valence-corrected chi connectivity index (χ4v) is 3.34. The zero-order chi connectivity index (χ0) is 19.5. The first-order valence-electron chi connectivity index (χ1n) is 7.93. The number of rotatable bonds is 4. The Balaban J connectivity index is 2.34. The second kappa shape index (κ2) is 8.48. The van der Waals surface area contributed by atoms with Gasteiger partial charge in [0.05, 0.1) is 6.04 Å². The summed E-state index contributed by atoms with van der Waals surface area (Å²) in [7, 11) is 0. The van der Waals surface area contributed by atoms with Crippen molar-refractivity contribution in [1.29, 1.82) is 0 Å². The van der Waals surface area contributed by atoms with Gasteiger partial charge in [-0.1, -0.05) is 31.9 Å². The van der Waals surface area contributed by atoms with E-state index >= 15 is 0 Å². The van der Waals surface area contributed by atoms with E-state index < -0.39 is 29.4 Å². The van der Waals surface area contributed by atoms with Crippen LogP contribution in [-0.2, 0) is 11.2 Å². The molecule has 0 radical (unpaired) electrons. The minimum atomic E-state index is -0.663. The molecule has 140 valence electrons. The molecule has 1 atom stereocenters. The average Bonchev–Trinajstić information content (AvgIpc) is 2.46. The molecule has 0 unspecified atom stereocenters. The van der Waals surface area contributed by atoms with Crippen LogP contribution in [0.4, 0.5) is 13.6 Å². The maximum Gasteiger partial charge on any atom is 0.408 e. The predicted octanol–water partition coefficient (Wildman–Crippen LogP) is 6.30. The molecular weight excluding hydrogens is 472 g/mol. The van der Waals surface area contributed by atoms with Crippen LogP contribution in [-0.4, -0.2) is 11.7 Å². The molecule has 2 rings (SSSR count). The van der Waals surface area contributed by atoms with Crippen LogP contribution in [0.25, 0.3) is 0 Å². The topological polar surface area (TPSA) is 38.3 Å². The van der Waals surface area contributed by atoms with Crippen LogP contribution in [0.2, 0.25) is 0 Å². The SMILES string of the molecule is CC(C)(C)OC(=O)N[C@@H](Cc1cc(F)cc(F)c1)c1cc(Br)ccc1Br. The van der Waals surface area contributed by atoms with Crippen LogP contribution in [0.5, 0.6) is 0 Å². The van der Waals surface area contributed by atoms with Crippen LogP contribution in [0.15, 0.2) is 45.3 Å². The number of halogens is 4. The molecule has 0 heterocycles. The van der Waals surface area contributed by atoms with Crippen molar-refractivity contribution in [2.24, 2.45) is 0 Å². The van der Waals surface area contributed by atoms with Gasteiger partial charge < -0.3 is 10.1 Å². The summed E-state index contributed by atoms with van der Waals surface area (Å²) in [6.07, 6.45) is -0.408. The van der Waals surface area contributed by atoms with E-state index in [1.165, 1.54) is 12.1 Å². The van der Waals surface area contributed by atoms with E-state index in [-0.39, 0.29) is 6.42 Å². The number of carbonyl (C=O) groups is 1. The standard InChI is InChI=1S/C19H19Br2F2NO2/c1-19(2,3)26-18(25)24-17(15-9-12(20)4-5-16(15)21)8-11-6-13(22)10-14(23)7-11/h4-7,9-10,17H,8H2,1-3H3,(H,24,25)/t17-/m0/s1. The van der Waals surface area contributed by atoms with E-state index in [9.17, 15) is 13.6 Å². The number of amides is 1. The smallest absolute Gasteiger partial charge is 0.408 e. The molecule has 0 saturated heterocycles. The Labute approximate surface area is 168 Å². The van der Waals surface area contributed by atoms with E-state index in [4.69, 9.17) is 4.74 Å². The molecule has 2 aromatic carbocycles. The van der Waals surface area contributed by atoms with Crippen molar-refractivity contribution >= 4 is 38.0 Å². The maximum absolute atomic E-state index is 13.5. The van der Waals surface area contributed by atoms with Crippen molar-refractivity contribution in [2.75, 3.05) is 0 Å². The van der Waals surface area contributed by atoms with Crippen molar-refractivity contribution < 1.29 is 18.3 Å². The summed E-state index contributed by atoms with van der Waals surface area (Å²) >= 11 is 6.87. The van der Waals surface area contributed by atoms with Crippen LogP contribution in [0, 0.1) is 11.6 Å². The monoisotopic (exact) mass is 489 g/mol. The highest BCUT2D eigenvalue weighted by Crippen LogP contribution is 2.30. The third kappa shape index (κ3) is 6.36. The van der Waals surface area contributed by atoms with Gasteiger partial charge in [0, 0.05) is 15.0 Å². The summed E-state index contributed by atoms with van der Waals surface area (Å²) in [5, 5.41) is 2.79. The lowest BCUT2D eigenvalue weighted by Crippen LogP contribution is -2.36. The van der Waals surface area contributed by atoms with Gasteiger partial charge in [-0.15, -0.1) is 0 Å². The molecule has 3 nitrogen and oxygen atoms in total. The van der Waals surface area contributed by atoms with Crippen LogP contribution in [0.3, 0.4) is 0 Å².